The standard InChI is InChI=1S/C18H21FIN3O5S/c1-23-16(26)5-4-15(17(23)21-14-3-2-11(20)8-13(14)19)22-29(27,28)18(6-7-18)9-12(25)10-24/h2-5,8,12,21-22,24-25H,6-7,9-10H2,1H3/t12-/m0/s1. The maximum atomic E-state index is 14.3. The van der Waals surface area contributed by atoms with E-state index in [1.165, 1.54) is 35.9 Å². The maximum absolute atomic E-state index is 14.3. The number of anilines is 3. The van der Waals surface area contributed by atoms with Gasteiger partial charge in [0.2, 0.25) is 10.0 Å². The first-order valence-electron chi connectivity index (χ1n) is 8.82. The molecule has 0 aliphatic heterocycles. The van der Waals surface area contributed by atoms with Crippen LogP contribution in [0.3, 0.4) is 0 Å². The van der Waals surface area contributed by atoms with Gasteiger partial charge in [-0.05, 0) is 66.1 Å². The summed E-state index contributed by atoms with van der Waals surface area (Å²) in [6.45, 7) is -0.532. The molecule has 2 aromatic rings. The van der Waals surface area contributed by atoms with Crippen molar-refractivity contribution in [1.82, 2.24) is 4.57 Å². The van der Waals surface area contributed by atoms with Crippen LogP contribution in [0.5, 0.6) is 0 Å². The maximum Gasteiger partial charge on any atom is 0.251 e. The molecule has 1 aliphatic rings. The molecule has 0 unspecified atom stereocenters. The van der Waals surface area contributed by atoms with Gasteiger partial charge in [0.25, 0.3) is 5.56 Å². The van der Waals surface area contributed by atoms with Gasteiger partial charge in [0, 0.05) is 16.7 Å². The molecule has 1 aromatic carbocycles. The van der Waals surface area contributed by atoms with E-state index < -0.39 is 38.9 Å². The highest BCUT2D eigenvalue weighted by Gasteiger charge is 2.55. The lowest BCUT2D eigenvalue weighted by Crippen LogP contribution is -2.35. The van der Waals surface area contributed by atoms with E-state index in [9.17, 15) is 22.7 Å². The third kappa shape index (κ3) is 4.57. The van der Waals surface area contributed by atoms with Crippen molar-refractivity contribution in [2.24, 2.45) is 7.05 Å². The molecule has 1 atom stereocenters. The number of aliphatic hydroxyl groups is 2. The van der Waals surface area contributed by atoms with E-state index in [-0.39, 0.29) is 23.6 Å². The second-order valence-electron chi connectivity index (χ2n) is 7.07. The molecule has 0 spiro atoms. The minimum atomic E-state index is -3.94. The molecule has 158 valence electrons. The Hall–Kier alpha value is -1.70. The van der Waals surface area contributed by atoms with E-state index in [0.717, 1.165) is 0 Å². The number of nitrogens with zero attached hydrogens (tertiary/aromatic N) is 1. The molecule has 0 bridgehead atoms. The van der Waals surface area contributed by atoms with Crippen molar-refractivity contribution in [3.05, 3.63) is 50.1 Å². The zero-order valence-electron chi connectivity index (χ0n) is 15.5. The van der Waals surface area contributed by atoms with Gasteiger partial charge >= 0.3 is 0 Å². The first-order valence-corrected chi connectivity index (χ1v) is 11.4. The first-order chi connectivity index (χ1) is 13.6. The van der Waals surface area contributed by atoms with Gasteiger partial charge in [0.1, 0.15) is 11.6 Å². The molecule has 1 aromatic heterocycles. The minimum absolute atomic E-state index is 0.0785. The van der Waals surface area contributed by atoms with Crippen LogP contribution in [0.4, 0.5) is 21.6 Å². The Morgan fingerprint density at radius 2 is 1.93 bits per heavy atom. The summed E-state index contributed by atoms with van der Waals surface area (Å²) < 4.78 is 43.3. The molecule has 0 amide bonds. The Morgan fingerprint density at radius 3 is 2.52 bits per heavy atom. The SMILES string of the molecule is Cn1c(Nc2ccc(I)cc2F)c(NS(=O)(=O)C2(C[C@H](O)CO)CC2)ccc1=O. The van der Waals surface area contributed by atoms with Crippen LogP contribution in [0.15, 0.2) is 35.1 Å². The highest BCUT2D eigenvalue weighted by Crippen LogP contribution is 2.48. The fourth-order valence-electron chi connectivity index (χ4n) is 3.06. The molecule has 1 heterocycles. The quantitative estimate of drug-likeness (QED) is 0.382. The number of hydrogen-bond donors (Lipinski definition) is 4. The highest BCUT2D eigenvalue weighted by molar-refractivity contribution is 14.1. The summed E-state index contributed by atoms with van der Waals surface area (Å²) in [7, 11) is -2.50. The van der Waals surface area contributed by atoms with Crippen molar-refractivity contribution in [3.63, 3.8) is 0 Å². The number of rotatable bonds is 8. The molecule has 0 radical (unpaired) electrons. The second kappa shape index (κ2) is 8.20. The van der Waals surface area contributed by atoms with Gasteiger partial charge in [-0.25, -0.2) is 12.8 Å². The summed E-state index contributed by atoms with van der Waals surface area (Å²) in [5.74, 6) is -0.466. The van der Waals surface area contributed by atoms with Crippen molar-refractivity contribution in [2.75, 3.05) is 16.6 Å². The number of aromatic nitrogens is 1. The van der Waals surface area contributed by atoms with E-state index in [0.29, 0.717) is 16.4 Å². The third-order valence-electron chi connectivity index (χ3n) is 4.94. The summed E-state index contributed by atoms with van der Waals surface area (Å²) in [6.07, 6.45) is -0.550. The van der Waals surface area contributed by atoms with Crippen LogP contribution in [0, 0.1) is 9.39 Å². The lowest BCUT2D eigenvalue weighted by Gasteiger charge is -2.22. The van der Waals surface area contributed by atoms with Crippen molar-refractivity contribution >= 4 is 49.8 Å². The van der Waals surface area contributed by atoms with Crippen LogP contribution in [0.1, 0.15) is 19.3 Å². The topological polar surface area (TPSA) is 121 Å². The average Bonchev–Trinajstić information content (AvgIpc) is 3.44. The molecular formula is C18H21FIN3O5S. The Kier molecular flexibility index (Phi) is 6.22. The van der Waals surface area contributed by atoms with E-state index in [2.05, 4.69) is 10.0 Å². The number of aliphatic hydroxyl groups excluding tert-OH is 2. The van der Waals surface area contributed by atoms with Crippen molar-refractivity contribution in [3.8, 4) is 0 Å². The van der Waals surface area contributed by atoms with Crippen molar-refractivity contribution in [1.29, 1.82) is 0 Å². The number of halogens is 2. The Bertz CT molecular complexity index is 1090. The molecule has 11 heteroatoms. The molecule has 3 rings (SSSR count). The van der Waals surface area contributed by atoms with Crippen LogP contribution >= 0.6 is 22.6 Å². The fraction of sp³-hybridized carbons (Fsp3) is 0.389. The minimum Gasteiger partial charge on any atom is -0.394 e. The second-order valence-corrected chi connectivity index (χ2v) is 10.4. The van der Waals surface area contributed by atoms with Gasteiger partial charge in [-0.2, -0.15) is 0 Å². The molecule has 1 aliphatic carbocycles. The monoisotopic (exact) mass is 537 g/mol. The van der Waals surface area contributed by atoms with Gasteiger partial charge < -0.3 is 15.5 Å². The van der Waals surface area contributed by atoms with Gasteiger partial charge in [0.15, 0.2) is 0 Å². The molecule has 29 heavy (non-hydrogen) atoms. The molecular weight excluding hydrogens is 516 g/mol. The Balaban J connectivity index is 1.96. The summed E-state index contributed by atoms with van der Waals surface area (Å²) >= 11 is 1.96. The van der Waals surface area contributed by atoms with Crippen LogP contribution < -0.4 is 15.6 Å². The molecule has 8 nitrogen and oxygen atoms in total. The third-order valence-corrected chi connectivity index (χ3v) is 7.81. The summed E-state index contributed by atoms with van der Waals surface area (Å²) in [4.78, 5) is 12.1. The normalized spacial score (nSPS) is 16.3. The number of sulfonamides is 1. The molecule has 4 N–H and O–H groups in total. The predicted octanol–water partition coefficient (Wildman–Crippen LogP) is 1.89. The molecule has 0 saturated heterocycles. The van der Waals surface area contributed by atoms with E-state index in [4.69, 9.17) is 5.11 Å². The van der Waals surface area contributed by atoms with E-state index >= 15 is 0 Å². The van der Waals surface area contributed by atoms with Crippen molar-refractivity contribution in [2.45, 2.75) is 30.1 Å². The summed E-state index contributed by atoms with van der Waals surface area (Å²) in [5, 5.41) is 21.5. The van der Waals surface area contributed by atoms with Crippen molar-refractivity contribution < 1.29 is 23.0 Å². The average molecular weight is 537 g/mol. The zero-order chi connectivity index (χ0) is 21.4. The smallest absolute Gasteiger partial charge is 0.251 e. The van der Waals surface area contributed by atoms with Crippen LogP contribution in [-0.4, -0.2) is 40.7 Å². The molecule has 1 fully saturated rings. The number of pyridine rings is 1. The zero-order valence-corrected chi connectivity index (χ0v) is 18.5. The number of benzene rings is 1. The summed E-state index contributed by atoms with van der Waals surface area (Å²) in [6, 6.07) is 6.99. The first kappa shape index (κ1) is 22.0. The number of hydrogen-bond acceptors (Lipinski definition) is 6. The summed E-state index contributed by atoms with van der Waals surface area (Å²) in [5.41, 5.74) is -0.239. The van der Waals surface area contributed by atoms with Crippen LogP contribution in [-0.2, 0) is 17.1 Å². The molecule has 1 saturated carbocycles. The highest BCUT2D eigenvalue weighted by atomic mass is 127. The fourth-order valence-corrected chi connectivity index (χ4v) is 5.23. The predicted molar refractivity (Wildman–Crippen MR) is 116 cm³/mol. The lowest BCUT2D eigenvalue weighted by atomic mass is 10.2. The Morgan fingerprint density at radius 1 is 1.28 bits per heavy atom. The largest absolute Gasteiger partial charge is 0.394 e. The van der Waals surface area contributed by atoms with Gasteiger partial charge in [-0.15, -0.1) is 0 Å². The van der Waals surface area contributed by atoms with Crippen LogP contribution in [0.25, 0.3) is 0 Å². The number of nitrogens with one attached hydrogen (secondary N) is 2. The van der Waals surface area contributed by atoms with Gasteiger partial charge in [0.05, 0.1) is 28.8 Å². The van der Waals surface area contributed by atoms with Crippen LogP contribution in [0.2, 0.25) is 0 Å². The van der Waals surface area contributed by atoms with E-state index in [1.54, 1.807) is 6.07 Å². The Labute approximate surface area is 181 Å². The lowest BCUT2D eigenvalue weighted by molar-refractivity contribution is 0.0858. The van der Waals surface area contributed by atoms with Gasteiger partial charge in [-0.3, -0.25) is 14.1 Å². The van der Waals surface area contributed by atoms with Gasteiger partial charge in [-0.1, -0.05) is 0 Å². The van der Waals surface area contributed by atoms with E-state index in [1.807, 2.05) is 22.6 Å².